The number of hydrogen-bond acceptors (Lipinski definition) is 3. The zero-order valence-electron chi connectivity index (χ0n) is 11.3. The third-order valence-electron chi connectivity index (χ3n) is 2.74. The Balaban J connectivity index is 2.67. The van der Waals surface area contributed by atoms with Gasteiger partial charge in [0.1, 0.15) is 0 Å². The van der Waals surface area contributed by atoms with E-state index in [0.29, 0.717) is 5.92 Å². The van der Waals surface area contributed by atoms with Gasteiger partial charge in [0.05, 0.1) is 6.04 Å². The topological polar surface area (TPSA) is 41.1 Å². The first kappa shape index (κ1) is 15.7. The lowest BCUT2D eigenvalue weighted by atomic mass is 10.0. The van der Waals surface area contributed by atoms with Crippen LogP contribution in [0.4, 0.5) is 0 Å². The highest BCUT2D eigenvalue weighted by Gasteiger charge is 2.21. The van der Waals surface area contributed by atoms with E-state index in [2.05, 4.69) is 58.8 Å². The SMILES string of the molecule is CNC(=O)C(CC(C)C)NC(C)c1cc(Br)cs1. The van der Waals surface area contributed by atoms with Crippen LogP contribution >= 0.6 is 27.3 Å². The van der Waals surface area contributed by atoms with Crippen LogP contribution in [0.3, 0.4) is 0 Å². The van der Waals surface area contributed by atoms with Crippen molar-refractivity contribution in [1.82, 2.24) is 10.6 Å². The number of halogens is 1. The van der Waals surface area contributed by atoms with Gasteiger partial charge in [0.2, 0.25) is 5.91 Å². The van der Waals surface area contributed by atoms with E-state index >= 15 is 0 Å². The molecule has 0 radical (unpaired) electrons. The number of carbonyl (C=O) groups excluding carboxylic acids is 1. The van der Waals surface area contributed by atoms with Gasteiger partial charge in [-0.2, -0.15) is 0 Å². The highest BCUT2D eigenvalue weighted by Crippen LogP contribution is 2.26. The van der Waals surface area contributed by atoms with Crippen molar-refractivity contribution < 1.29 is 4.79 Å². The summed E-state index contributed by atoms with van der Waals surface area (Å²) in [5.41, 5.74) is 0. The molecule has 1 aromatic heterocycles. The molecule has 0 saturated carbocycles. The Kier molecular flexibility index (Phi) is 6.32. The second-order valence-corrected chi connectivity index (χ2v) is 6.71. The van der Waals surface area contributed by atoms with E-state index in [1.165, 1.54) is 4.88 Å². The molecule has 0 aliphatic heterocycles. The first-order valence-electron chi connectivity index (χ1n) is 6.15. The minimum atomic E-state index is -0.133. The summed E-state index contributed by atoms with van der Waals surface area (Å²) in [4.78, 5) is 13.1. The maximum Gasteiger partial charge on any atom is 0.236 e. The lowest BCUT2D eigenvalue weighted by Gasteiger charge is -2.23. The molecule has 1 heterocycles. The fourth-order valence-electron chi connectivity index (χ4n) is 1.84. The highest BCUT2D eigenvalue weighted by molar-refractivity contribution is 9.10. The minimum absolute atomic E-state index is 0.0613. The second-order valence-electron chi connectivity index (χ2n) is 4.85. The highest BCUT2D eigenvalue weighted by atomic mass is 79.9. The summed E-state index contributed by atoms with van der Waals surface area (Å²) in [6.07, 6.45) is 0.844. The molecule has 5 heteroatoms. The van der Waals surface area contributed by atoms with Crippen LogP contribution in [0, 0.1) is 5.92 Å². The van der Waals surface area contributed by atoms with Gasteiger partial charge in [0.15, 0.2) is 0 Å². The summed E-state index contributed by atoms with van der Waals surface area (Å²) in [6.45, 7) is 6.35. The summed E-state index contributed by atoms with van der Waals surface area (Å²) in [5.74, 6) is 0.549. The average Bonchev–Trinajstić information content (AvgIpc) is 2.73. The van der Waals surface area contributed by atoms with Crippen molar-refractivity contribution in [3.8, 4) is 0 Å². The van der Waals surface area contributed by atoms with Gasteiger partial charge in [0, 0.05) is 27.8 Å². The van der Waals surface area contributed by atoms with Crippen molar-refractivity contribution in [2.75, 3.05) is 7.05 Å². The molecular weight excluding hydrogens is 312 g/mol. The molecule has 0 aliphatic rings. The van der Waals surface area contributed by atoms with Gasteiger partial charge in [0.25, 0.3) is 0 Å². The molecule has 3 nitrogen and oxygen atoms in total. The summed E-state index contributed by atoms with van der Waals surface area (Å²) >= 11 is 5.15. The molecule has 2 atom stereocenters. The number of thiophene rings is 1. The number of carbonyl (C=O) groups is 1. The second kappa shape index (κ2) is 7.26. The van der Waals surface area contributed by atoms with Gasteiger partial charge < -0.3 is 5.32 Å². The Morgan fingerprint density at radius 3 is 2.56 bits per heavy atom. The number of nitrogens with one attached hydrogen (secondary N) is 2. The Morgan fingerprint density at radius 1 is 1.44 bits per heavy atom. The molecule has 0 aromatic carbocycles. The normalized spacial score (nSPS) is 14.6. The van der Waals surface area contributed by atoms with Crippen molar-refractivity contribution in [2.24, 2.45) is 5.92 Å². The van der Waals surface area contributed by atoms with Gasteiger partial charge >= 0.3 is 0 Å². The molecule has 1 aromatic rings. The minimum Gasteiger partial charge on any atom is -0.358 e. The van der Waals surface area contributed by atoms with E-state index in [9.17, 15) is 4.79 Å². The van der Waals surface area contributed by atoms with Gasteiger partial charge in [-0.1, -0.05) is 13.8 Å². The molecule has 18 heavy (non-hydrogen) atoms. The summed E-state index contributed by atoms with van der Waals surface area (Å²) in [6, 6.07) is 2.15. The molecule has 2 unspecified atom stereocenters. The quantitative estimate of drug-likeness (QED) is 0.838. The zero-order chi connectivity index (χ0) is 13.7. The van der Waals surface area contributed by atoms with Crippen molar-refractivity contribution in [2.45, 2.75) is 39.3 Å². The van der Waals surface area contributed by atoms with Crippen LogP contribution in [0.5, 0.6) is 0 Å². The number of likely N-dealkylation sites (N-methyl/N-ethyl adjacent to an activating group) is 1. The van der Waals surface area contributed by atoms with Crippen LogP contribution in [0.2, 0.25) is 0 Å². The number of amides is 1. The standard InChI is InChI=1S/C13H21BrN2OS/c1-8(2)5-11(13(17)15-4)16-9(3)12-6-10(14)7-18-12/h6-9,11,16H,5H2,1-4H3,(H,15,17). The summed E-state index contributed by atoms with van der Waals surface area (Å²) < 4.78 is 1.09. The Hall–Kier alpha value is -0.390. The fourth-order valence-corrected chi connectivity index (χ4v) is 3.30. The molecule has 0 saturated heterocycles. The van der Waals surface area contributed by atoms with Crippen LogP contribution in [0.25, 0.3) is 0 Å². The van der Waals surface area contributed by atoms with E-state index < -0.39 is 0 Å². The van der Waals surface area contributed by atoms with Crippen LogP contribution in [-0.4, -0.2) is 19.0 Å². The lowest BCUT2D eigenvalue weighted by molar-refractivity contribution is -0.123. The summed E-state index contributed by atoms with van der Waals surface area (Å²) in [5, 5.41) is 8.19. The monoisotopic (exact) mass is 332 g/mol. The predicted octanol–water partition coefficient (Wildman–Crippen LogP) is 3.32. The van der Waals surface area contributed by atoms with Crippen molar-refractivity contribution >= 4 is 33.2 Å². The largest absolute Gasteiger partial charge is 0.358 e. The molecule has 0 aliphatic carbocycles. The molecule has 1 amide bonds. The Labute approximate surface area is 121 Å². The predicted molar refractivity (Wildman–Crippen MR) is 80.9 cm³/mol. The Bertz CT molecular complexity index is 392. The third kappa shape index (κ3) is 4.71. The number of rotatable bonds is 6. The molecule has 0 spiro atoms. The van der Waals surface area contributed by atoms with E-state index in [4.69, 9.17) is 0 Å². The van der Waals surface area contributed by atoms with E-state index in [1.54, 1.807) is 18.4 Å². The van der Waals surface area contributed by atoms with Gasteiger partial charge in [-0.3, -0.25) is 10.1 Å². The van der Waals surface area contributed by atoms with Crippen LogP contribution in [0.15, 0.2) is 15.9 Å². The van der Waals surface area contributed by atoms with Crippen LogP contribution in [0.1, 0.15) is 38.1 Å². The molecule has 102 valence electrons. The molecule has 0 fully saturated rings. The summed E-state index contributed by atoms with van der Waals surface area (Å²) in [7, 11) is 1.68. The molecular formula is C13H21BrN2OS. The molecule has 2 N–H and O–H groups in total. The lowest BCUT2D eigenvalue weighted by Crippen LogP contribution is -2.44. The van der Waals surface area contributed by atoms with E-state index in [-0.39, 0.29) is 18.0 Å². The maximum atomic E-state index is 11.8. The van der Waals surface area contributed by atoms with Crippen molar-refractivity contribution in [3.05, 3.63) is 20.8 Å². The van der Waals surface area contributed by atoms with E-state index in [1.807, 2.05) is 0 Å². The molecule has 1 rings (SSSR count). The fraction of sp³-hybridized carbons (Fsp3) is 0.615. The van der Waals surface area contributed by atoms with Gasteiger partial charge in [-0.15, -0.1) is 11.3 Å². The smallest absolute Gasteiger partial charge is 0.236 e. The van der Waals surface area contributed by atoms with Crippen molar-refractivity contribution in [1.29, 1.82) is 0 Å². The first-order chi connectivity index (χ1) is 8.43. The third-order valence-corrected chi connectivity index (χ3v) is 4.61. The average molecular weight is 333 g/mol. The number of hydrogen-bond donors (Lipinski definition) is 2. The van der Waals surface area contributed by atoms with Crippen LogP contribution in [-0.2, 0) is 4.79 Å². The van der Waals surface area contributed by atoms with Gasteiger partial charge in [-0.25, -0.2) is 0 Å². The molecule has 0 bridgehead atoms. The van der Waals surface area contributed by atoms with Gasteiger partial charge in [-0.05, 0) is 41.3 Å². The van der Waals surface area contributed by atoms with E-state index in [0.717, 1.165) is 10.9 Å². The zero-order valence-corrected chi connectivity index (χ0v) is 13.7. The van der Waals surface area contributed by atoms with Crippen LogP contribution < -0.4 is 10.6 Å². The maximum absolute atomic E-state index is 11.8. The first-order valence-corrected chi connectivity index (χ1v) is 7.82. The Morgan fingerprint density at radius 2 is 2.11 bits per heavy atom. The van der Waals surface area contributed by atoms with Crippen molar-refractivity contribution in [3.63, 3.8) is 0 Å².